The fourth-order valence-corrected chi connectivity index (χ4v) is 13.8. The number of aliphatic imine (C=N–C) groups is 1. The number of rotatable bonds is 6. The molecule has 0 radical (unpaired) electrons. The molecule has 5 nitrogen and oxygen atoms in total. The quantitative estimate of drug-likeness (QED) is 0.166. The summed E-state index contributed by atoms with van der Waals surface area (Å²) in [5, 5.41) is 4.89. The van der Waals surface area contributed by atoms with Crippen LogP contribution in [0.2, 0.25) is 0 Å². The summed E-state index contributed by atoms with van der Waals surface area (Å²) < 4.78 is 0. The van der Waals surface area contributed by atoms with E-state index in [0.717, 1.165) is 40.7 Å². The molecule has 0 bridgehead atoms. The normalized spacial score (nSPS) is 18.1. The van der Waals surface area contributed by atoms with E-state index in [1.165, 1.54) is 94.6 Å². The molecule has 2 atom stereocenters. The minimum absolute atomic E-state index is 0.105. The zero-order valence-electron chi connectivity index (χ0n) is 43.5. The van der Waals surface area contributed by atoms with Crippen LogP contribution in [0.15, 0.2) is 247 Å². The Morgan fingerprint density at radius 2 is 0.974 bits per heavy atom. The lowest BCUT2D eigenvalue weighted by Crippen LogP contribution is -2.40. The number of para-hydroxylation sites is 3. The monoisotopic (exact) mass is 979 g/mol. The Kier molecular flexibility index (Phi) is 9.69. The highest BCUT2D eigenvalue weighted by Gasteiger charge is 2.42. The van der Waals surface area contributed by atoms with E-state index >= 15 is 0 Å². The Hall–Kier alpha value is -8.93. The van der Waals surface area contributed by atoms with Crippen molar-refractivity contribution < 1.29 is 0 Å². The molecule has 4 aliphatic heterocycles. The van der Waals surface area contributed by atoms with Crippen molar-refractivity contribution in [2.24, 2.45) is 10.9 Å². The Labute approximate surface area is 445 Å². The summed E-state index contributed by atoms with van der Waals surface area (Å²) in [6.45, 7) is 11.8. The smallest absolute Gasteiger partial charge is 0.142 e. The number of amidine groups is 1. The van der Waals surface area contributed by atoms with Crippen LogP contribution in [0, 0.1) is 5.92 Å². The molecular formula is C71H57N5. The molecule has 1 aliphatic carbocycles. The highest BCUT2D eigenvalue weighted by atomic mass is 15.2. The second kappa shape index (κ2) is 16.5. The molecule has 0 N–H and O–H groups in total. The number of benzene rings is 10. The molecule has 0 saturated heterocycles. The van der Waals surface area contributed by atoms with Crippen molar-refractivity contribution in [2.75, 3.05) is 19.6 Å². The maximum absolute atomic E-state index is 5.49. The topological polar surface area (TPSA) is 25.3 Å². The average Bonchev–Trinajstić information content (AvgIpc) is 3.65. The summed E-state index contributed by atoms with van der Waals surface area (Å²) in [4.78, 5) is 15.4. The van der Waals surface area contributed by atoms with Crippen LogP contribution in [0.4, 0.5) is 56.9 Å². The maximum atomic E-state index is 5.49. The fourth-order valence-electron chi connectivity index (χ4n) is 13.8. The molecule has 0 saturated carbocycles. The van der Waals surface area contributed by atoms with Crippen LogP contribution in [0.25, 0.3) is 21.5 Å². The van der Waals surface area contributed by atoms with Gasteiger partial charge in [-0.2, -0.15) is 0 Å². The van der Waals surface area contributed by atoms with Crippen molar-refractivity contribution in [1.82, 2.24) is 0 Å². The summed E-state index contributed by atoms with van der Waals surface area (Å²) in [5.74, 6) is 1.38. The molecule has 0 amide bonds. The number of hydrogen-bond acceptors (Lipinski definition) is 5. The Balaban J connectivity index is 0.872. The van der Waals surface area contributed by atoms with Crippen molar-refractivity contribution in [3.63, 3.8) is 0 Å². The first-order valence-electron chi connectivity index (χ1n) is 27.0. The van der Waals surface area contributed by atoms with Gasteiger partial charge in [0, 0.05) is 67.5 Å². The van der Waals surface area contributed by atoms with E-state index in [0.29, 0.717) is 5.92 Å². The number of nitrogens with zero attached hydrogens (tertiary/aromatic N) is 5. The van der Waals surface area contributed by atoms with Crippen LogP contribution in [0.1, 0.15) is 80.5 Å². The van der Waals surface area contributed by atoms with E-state index in [4.69, 9.17) is 4.99 Å². The molecular weight excluding hydrogens is 923 g/mol. The van der Waals surface area contributed by atoms with Gasteiger partial charge in [0.15, 0.2) is 0 Å². The first-order chi connectivity index (χ1) is 37.1. The third-order valence-corrected chi connectivity index (χ3v) is 17.4. The molecule has 0 spiro atoms. The lowest BCUT2D eigenvalue weighted by Gasteiger charge is -2.46. The lowest BCUT2D eigenvalue weighted by molar-refractivity contribution is 0.561. The van der Waals surface area contributed by atoms with Crippen molar-refractivity contribution in [3.8, 4) is 0 Å². The van der Waals surface area contributed by atoms with Gasteiger partial charge in [-0.1, -0.05) is 174 Å². The van der Waals surface area contributed by atoms with E-state index in [1.807, 2.05) is 0 Å². The van der Waals surface area contributed by atoms with Gasteiger partial charge in [0.1, 0.15) is 5.84 Å². The molecule has 366 valence electrons. The van der Waals surface area contributed by atoms with E-state index in [1.54, 1.807) is 0 Å². The standard InChI is InChI=1S/C71H57N5/c1-45-17-12-27-59-67(45)75(63-31-11-8-26-58(63)71(59,4)5)53-43-39-51(40-44-53)73(50-37-41-52(42-38-50)74-61-29-9-6-24-56(61)70(2,3)57-25-7-10-30-62(57)74)49-35-33-48(34-36-49)68-54-22-13-18-46-19-14-23-55(65(46)54)69-72-60-28-15-20-47-21-16-32-64(66(47)60)76(68)69/h6-16,18-45,68H,17H2,1-5H3. The largest absolute Gasteiger partial charge is 0.313 e. The first kappa shape index (κ1) is 44.5. The highest BCUT2D eigenvalue weighted by Crippen LogP contribution is 2.55. The molecule has 5 aliphatic rings. The molecule has 76 heavy (non-hydrogen) atoms. The van der Waals surface area contributed by atoms with Gasteiger partial charge < -0.3 is 19.6 Å². The second-order valence-corrected chi connectivity index (χ2v) is 22.4. The van der Waals surface area contributed by atoms with Crippen LogP contribution >= 0.6 is 0 Å². The molecule has 0 aromatic heterocycles. The Bertz CT molecular complexity index is 4060. The molecule has 15 rings (SSSR count). The fraction of sp³-hybridized carbons (Fsp3) is 0.141. The predicted octanol–water partition coefficient (Wildman–Crippen LogP) is 18.9. The summed E-state index contributed by atoms with van der Waals surface area (Å²) in [5.41, 5.74) is 21.6. The van der Waals surface area contributed by atoms with Gasteiger partial charge in [0.25, 0.3) is 0 Å². The molecule has 4 heterocycles. The van der Waals surface area contributed by atoms with E-state index in [-0.39, 0.29) is 16.9 Å². The van der Waals surface area contributed by atoms with Crippen LogP contribution in [0.3, 0.4) is 0 Å². The Morgan fingerprint density at radius 1 is 0.474 bits per heavy atom. The van der Waals surface area contributed by atoms with E-state index in [2.05, 4.69) is 285 Å². The van der Waals surface area contributed by atoms with Crippen molar-refractivity contribution >= 4 is 84.3 Å². The van der Waals surface area contributed by atoms with Crippen molar-refractivity contribution in [2.45, 2.75) is 57.9 Å². The molecule has 0 fully saturated rings. The minimum Gasteiger partial charge on any atom is -0.313 e. The molecule has 10 aromatic rings. The molecule has 2 unspecified atom stereocenters. The van der Waals surface area contributed by atoms with Gasteiger partial charge in [0.2, 0.25) is 0 Å². The summed E-state index contributed by atoms with van der Waals surface area (Å²) >= 11 is 0. The van der Waals surface area contributed by atoms with Crippen LogP contribution in [-0.4, -0.2) is 5.84 Å². The zero-order valence-corrected chi connectivity index (χ0v) is 43.5. The summed E-state index contributed by atoms with van der Waals surface area (Å²) in [7, 11) is 0. The van der Waals surface area contributed by atoms with E-state index in [9.17, 15) is 0 Å². The van der Waals surface area contributed by atoms with Gasteiger partial charge >= 0.3 is 0 Å². The SMILES string of the molecule is CC1CC=CC2=C1N(c1ccc(N(c3ccc(C4c5cccc6cccc(c56)C5=Nc6cccc7cccc(c67)N54)cc3)c3ccc(N4c5ccccc5C(C)(C)c5ccccc54)cc3)cc1)c1ccccc1C2(C)C. The third-order valence-electron chi connectivity index (χ3n) is 17.4. The highest BCUT2D eigenvalue weighted by molar-refractivity contribution is 6.26. The zero-order chi connectivity index (χ0) is 51.0. The van der Waals surface area contributed by atoms with Crippen LogP contribution < -0.4 is 19.6 Å². The minimum atomic E-state index is -0.136. The maximum Gasteiger partial charge on any atom is 0.142 e. The van der Waals surface area contributed by atoms with E-state index < -0.39 is 0 Å². The van der Waals surface area contributed by atoms with Crippen molar-refractivity contribution in [1.29, 1.82) is 0 Å². The van der Waals surface area contributed by atoms with Gasteiger partial charge in [-0.25, -0.2) is 4.99 Å². The number of allylic oxidation sites excluding steroid dienone is 4. The van der Waals surface area contributed by atoms with Gasteiger partial charge in [-0.05, 0) is 147 Å². The average molecular weight is 980 g/mol. The van der Waals surface area contributed by atoms with Gasteiger partial charge in [0.05, 0.1) is 28.8 Å². The van der Waals surface area contributed by atoms with Gasteiger partial charge in [-0.15, -0.1) is 0 Å². The second-order valence-electron chi connectivity index (χ2n) is 22.4. The molecule has 10 aromatic carbocycles. The first-order valence-corrected chi connectivity index (χ1v) is 27.0. The number of fused-ring (bicyclic) bond motifs is 6. The third kappa shape index (κ3) is 6.41. The predicted molar refractivity (Wildman–Crippen MR) is 318 cm³/mol. The molecule has 5 heteroatoms. The lowest BCUT2D eigenvalue weighted by atomic mass is 9.69. The summed E-state index contributed by atoms with van der Waals surface area (Å²) in [6.07, 6.45) is 5.77. The number of anilines is 9. The Morgan fingerprint density at radius 3 is 1.61 bits per heavy atom. The number of hydrogen-bond donors (Lipinski definition) is 0. The van der Waals surface area contributed by atoms with Crippen LogP contribution in [-0.2, 0) is 10.8 Å². The van der Waals surface area contributed by atoms with Crippen molar-refractivity contribution in [3.05, 3.63) is 275 Å². The summed E-state index contributed by atoms with van der Waals surface area (Å²) in [6, 6.07) is 81.1. The van der Waals surface area contributed by atoms with Gasteiger partial charge in [-0.3, -0.25) is 0 Å². The van der Waals surface area contributed by atoms with Crippen LogP contribution in [0.5, 0.6) is 0 Å².